The second-order valence-corrected chi connectivity index (χ2v) is 8.80. The fourth-order valence-electron chi connectivity index (χ4n) is 2.96. The summed E-state index contributed by atoms with van der Waals surface area (Å²) in [5.41, 5.74) is 0.236. The van der Waals surface area contributed by atoms with Gasteiger partial charge in [-0.05, 0) is 35.9 Å². The minimum Gasteiger partial charge on any atom is -0.497 e. The van der Waals surface area contributed by atoms with Gasteiger partial charge in [-0.15, -0.1) is 0 Å². The maximum Gasteiger partial charge on any atom is 0.341 e. The molecule has 0 spiro atoms. The van der Waals surface area contributed by atoms with Crippen molar-refractivity contribution in [3.8, 4) is 5.75 Å². The third-order valence-electron chi connectivity index (χ3n) is 4.75. The minimum atomic E-state index is -3.92. The van der Waals surface area contributed by atoms with Crippen LogP contribution in [0.15, 0.2) is 47.4 Å². The summed E-state index contributed by atoms with van der Waals surface area (Å²) in [6.07, 6.45) is 0. The van der Waals surface area contributed by atoms with Crippen LogP contribution in [0, 0.1) is 5.82 Å². The number of hydrogen-bond acceptors (Lipinski definition) is 7. The van der Waals surface area contributed by atoms with Gasteiger partial charge in [-0.25, -0.2) is 17.6 Å². The molecule has 2 aromatic rings. The molecule has 0 radical (unpaired) electrons. The zero-order valence-corrected chi connectivity index (χ0v) is 18.2. The van der Waals surface area contributed by atoms with Gasteiger partial charge in [0.15, 0.2) is 6.61 Å². The fraction of sp³-hybridized carbons (Fsp3) is 0.333. The monoisotopic (exact) mass is 466 g/mol. The van der Waals surface area contributed by atoms with E-state index in [0.29, 0.717) is 5.75 Å². The zero-order valence-electron chi connectivity index (χ0n) is 17.4. The first-order chi connectivity index (χ1) is 15.3. The molecule has 0 aliphatic carbocycles. The standard InChI is InChI=1S/C21H23FN2O7S/c1-29-16-4-2-15(3-5-16)13-23-20(25)14-31-21(26)18-12-17(6-7-19(18)22)32(27,28)24-8-10-30-11-9-24/h2-7,12H,8-11,13-14H2,1H3,(H,23,25). The quantitative estimate of drug-likeness (QED) is 0.584. The highest BCUT2D eigenvalue weighted by atomic mass is 32.2. The van der Waals surface area contributed by atoms with Gasteiger partial charge in [0.2, 0.25) is 10.0 Å². The number of carbonyl (C=O) groups excluding carboxylic acids is 2. The SMILES string of the molecule is COc1ccc(CNC(=O)COC(=O)c2cc(S(=O)(=O)N3CCOCC3)ccc2F)cc1. The summed E-state index contributed by atoms with van der Waals surface area (Å²) in [5.74, 6) is -2.00. The van der Waals surface area contributed by atoms with E-state index in [1.807, 2.05) is 0 Å². The largest absolute Gasteiger partial charge is 0.497 e. The van der Waals surface area contributed by atoms with Gasteiger partial charge in [-0.1, -0.05) is 12.1 Å². The van der Waals surface area contributed by atoms with Gasteiger partial charge in [0, 0.05) is 19.6 Å². The highest BCUT2D eigenvalue weighted by molar-refractivity contribution is 7.89. The van der Waals surface area contributed by atoms with Crippen molar-refractivity contribution < 1.29 is 36.6 Å². The zero-order chi connectivity index (χ0) is 23.1. The number of amides is 1. The number of nitrogens with zero attached hydrogens (tertiary/aromatic N) is 1. The minimum absolute atomic E-state index is 0.161. The Morgan fingerprint density at radius 3 is 2.47 bits per heavy atom. The van der Waals surface area contributed by atoms with Crippen molar-refractivity contribution in [2.75, 3.05) is 40.0 Å². The predicted octanol–water partition coefficient (Wildman–Crippen LogP) is 1.33. The first-order valence-electron chi connectivity index (χ1n) is 9.75. The molecule has 1 aliphatic heterocycles. The van der Waals surface area contributed by atoms with Crippen LogP contribution in [0.25, 0.3) is 0 Å². The Hall–Kier alpha value is -3.02. The van der Waals surface area contributed by atoms with Crippen molar-refractivity contribution >= 4 is 21.9 Å². The lowest BCUT2D eigenvalue weighted by molar-refractivity contribution is -0.124. The second-order valence-electron chi connectivity index (χ2n) is 6.86. The van der Waals surface area contributed by atoms with E-state index in [1.165, 1.54) is 4.31 Å². The normalized spacial score (nSPS) is 14.6. The lowest BCUT2D eigenvalue weighted by Gasteiger charge is -2.26. The van der Waals surface area contributed by atoms with Crippen molar-refractivity contribution in [2.24, 2.45) is 0 Å². The van der Waals surface area contributed by atoms with Crippen molar-refractivity contribution in [2.45, 2.75) is 11.4 Å². The van der Waals surface area contributed by atoms with E-state index in [1.54, 1.807) is 31.4 Å². The second kappa shape index (κ2) is 10.5. The van der Waals surface area contributed by atoms with Crippen molar-refractivity contribution in [3.05, 3.63) is 59.4 Å². The van der Waals surface area contributed by atoms with Gasteiger partial charge in [0.25, 0.3) is 5.91 Å². The number of morpholine rings is 1. The van der Waals surface area contributed by atoms with E-state index in [4.69, 9.17) is 14.2 Å². The van der Waals surface area contributed by atoms with Gasteiger partial charge < -0.3 is 19.5 Å². The molecule has 1 N–H and O–H groups in total. The summed E-state index contributed by atoms with van der Waals surface area (Å²) >= 11 is 0. The Morgan fingerprint density at radius 1 is 1.12 bits per heavy atom. The van der Waals surface area contributed by atoms with Gasteiger partial charge in [-0.3, -0.25) is 4.79 Å². The molecule has 0 saturated carbocycles. The molecule has 0 unspecified atom stereocenters. The molecule has 1 heterocycles. The van der Waals surface area contributed by atoms with Crippen LogP contribution in [-0.2, 0) is 30.8 Å². The Morgan fingerprint density at radius 2 is 1.81 bits per heavy atom. The molecular formula is C21H23FN2O7S. The molecule has 2 aromatic carbocycles. The molecule has 1 aliphatic rings. The lowest BCUT2D eigenvalue weighted by Crippen LogP contribution is -2.40. The van der Waals surface area contributed by atoms with Crippen molar-refractivity contribution in [1.29, 1.82) is 0 Å². The van der Waals surface area contributed by atoms with Crippen molar-refractivity contribution in [1.82, 2.24) is 9.62 Å². The molecule has 1 fully saturated rings. The highest BCUT2D eigenvalue weighted by Gasteiger charge is 2.28. The molecule has 0 atom stereocenters. The first kappa shape index (κ1) is 23.6. The Bertz CT molecular complexity index is 1070. The lowest BCUT2D eigenvalue weighted by atomic mass is 10.2. The third-order valence-corrected chi connectivity index (χ3v) is 6.64. The molecule has 11 heteroatoms. The number of halogens is 1. The van der Waals surface area contributed by atoms with E-state index in [0.717, 1.165) is 23.8 Å². The molecule has 0 bridgehead atoms. The Balaban J connectivity index is 1.59. The third kappa shape index (κ3) is 5.81. The topological polar surface area (TPSA) is 111 Å². The van der Waals surface area contributed by atoms with Gasteiger partial charge in [0.05, 0.1) is 30.8 Å². The first-order valence-corrected chi connectivity index (χ1v) is 11.2. The summed E-state index contributed by atoms with van der Waals surface area (Å²) in [6.45, 7) is 0.376. The number of sulfonamides is 1. The van der Waals surface area contributed by atoms with Crippen molar-refractivity contribution in [3.63, 3.8) is 0 Å². The van der Waals surface area contributed by atoms with Crippen LogP contribution < -0.4 is 10.1 Å². The molecule has 172 valence electrons. The van der Waals surface area contributed by atoms with Crippen LogP contribution in [0.1, 0.15) is 15.9 Å². The molecular weight excluding hydrogens is 443 g/mol. The maximum atomic E-state index is 14.2. The molecule has 3 rings (SSSR count). The predicted molar refractivity (Wildman–Crippen MR) is 111 cm³/mol. The smallest absolute Gasteiger partial charge is 0.341 e. The maximum absolute atomic E-state index is 14.2. The van der Waals surface area contributed by atoms with Gasteiger partial charge >= 0.3 is 5.97 Å². The Labute approximate surface area is 185 Å². The van der Waals surface area contributed by atoms with Crippen LogP contribution in [0.2, 0.25) is 0 Å². The molecule has 0 aromatic heterocycles. The van der Waals surface area contributed by atoms with E-state index < -0.39 is 39.9 Å². The van der Waals surface area contributed by atoms with E-state index in [9.17, 15) is 22.4 Å². The molecule has 32 heavy (non-hydrogen) atoms. The summed E-state index contributed by atoms with van der Waals surface area (Å²) in [5, 5.41) is 2.57. The van der Waals surface area contributed by atoms with Crippen LogP contribution in [-0.4, -0.2) is 64.6 Å². The van der Waals surface area contributed by atoms with Crippen LogP contribution in [0.3, 0.4) is 0 Å². The fourth-order valence-corrected chi connectivity index (χ4v) is 4.40. The molecule has 1 saturated heterocycles. The molecule has 1 amide bonds. The van der Waals surface area contributed by atoms with E-state index in [-0.39, 0.29) is 37.7 Å². The summed E-state index contributed by atoms with van der Waals surface area (Å²) < 4.78 is 55.9. The van der Waals surface area contributed by atoms with Crippen LogP contribution in [0.4, 0.5) is 4.39 Å². The van der Waals surface area contributed by atoms with E-state index >= 15 is 0 Å². The number of rotatable bonds is 8. The average Bonchev–Trinajstić information content (AvgIpc) is 2.82. The number of hydrogen-bond donors (Lipinski definition) is 1. The summed E-state index contributed by atoms with van der Waals surface area (Å²) in [4.78, 5) is 24.0. The van der Waals surface area contributed by atoms with Crippen LogP contribution >= 0.6 is 0 Å². The van der Waals surface area contributed by atoms with E-state index in [2.05, 4.69) is 5.32 Å². The number of nitrogens with one attached hydrogen (secondary N) is 1. The highest BCUT2D eigenvalue weighted by Crippen LogP contribution is 2.21. The number of methoxy groups -OCH3 is 1. The van der Waals surface area contributed by atoms with Gasteiger partial charge in [0.1, 0.15) is 11.6 Å². The van der Waals surface area contributed by atoms with Gasteiger partial charge in [-0.2, -0.15) is 4.31 Å². The summed E-state index contributed by atoms with van der Waals surface area (Å²) in [6, 6.07) is 9.89. The number of ether oxygens (including phenoxy) is 3. The molecule has 9 nitrogen and oxygen atoms in total. The number of benzene rings is 2. The number of esters is 1. The summed E-state index contributed by atoms with van der Waals surface area (Å²) in [7, 11) is -2.38. The average molecular weight is 466 g/mol. The number of carbonyl (C=O) groups is 2. The van der Waals surface area contributed by atoms with Crippen LogP contribution in [0.5, 0.6) is 5.75 Å². The Kier molecular flexibility index (Phi) is 7.78.